The third kappa shape index (κ3) is 7.46. The molecule has 2 N–H and O–H groups in total. The van der Waals surface area contributed by atoms with Gasteiger partial charge >= 0.3 is 0 Å². The molecule has 0 spiro atoms. The molecule has 0 aromatic heterocycles. The lowest BCUT2D eigenvalue weighted by Crippen LogP contribution is -2.50. The second-order valence-corrected chi connectivity index (χ2v) is 6.34. The summed E-state index contributed by atoms with van der Waals surface area (Å²) in [7, 11) is 0. The number of amides is 2. The highest BCUT2D eigenvalue weighted by Crippen LogP contribution is 2.27. The van der Waals surface area contributed by atoms with Crippen molar-refractivity contribution in [1.82, 2.24) is 10.6 Å². The summed E-state index contributed by atoms with van der Waals surface area (Å²) < 4.78 is 5.48. The molecule has 2 amide bonds. The Morgan fingerprint density at radius 3 is 2.48 bits per heavy atom. The molecule has 1 aliphatic carbocycles. The van der Waals surface area contributed by atoms with Gasteiger partial charge in [0.15, 0.2) is 0 Å². The highest BCUT2D eigenvalue weighted by Gasteiger charge is 2.30. The van der Waals surface area contributed by atoms with Crippen LogP contribution in [0.2, 0.25) is 0 Å². The van der Waals surface area contributed by atoms with E-state index < -0.39 is 0 Å². The van der Waals surface area contributed by atoms with Gasteiger partial charge in [0, 0.05) is 26.7 Å². The molecule has 1 unspecified atom stereocenters. The summed E-state index contributed by atoms with van der Waals surface area (Å²) in [5.74, 6) is 0.625. The van der Waals surface area contributed by atoms with Gasteiger partial charge in [-0.1, -0.05) is 26.7 Å². The topological polar surface area (TPSA) is 67.4 Å². The molecule has 0 aromatic rings. The Hall–Kier alpha value is -1.10. The summed E-state index contributed by atoms with van der Waals surface area (Å²) in [6, 6.07) is -0.374. The molecule has 5 heteroatoms. The Labute approximate surface area is 128 Å². The second kappa shape index (κ2) is 9.77. The maximum Gasteiger partial charge on any atom is 0.242 e. The Bertz CT molecular complexity index is 325. The van der Waals surface area contributed by atoms with Crippen LogP contribution in [0.5, 0.6) is 0 Å². The minimum atomic E-state index is -0.374. The van der Waals surface area contributed by atoms with E-state index in [2.05, 4.69) is 24.5 Å². The van der Waals surface area contributed by atoms with Crippen LogP contribution in [0.1, 0.15) is 52.9 Å². The molecule has 1 atom stereocenters. The molecule has 1 saturated carbocycles. The Morgan fingerprint density at radius 2 is 1.90 bits per heavy atom. The monoisotopic (exact) mass is 298 g/mol. The number of carbonyl (C=O) groups is 2. The number of hydrogen-bond acceptors (Lipinski definition) is 3. The van der Waals surface area contributed by atoms with Gasteiger partial charge in [-0.3, -0.25) is 9.59 Å². The van der Waals surface area contributed by atoms with Crippen molar-refractivity contribution in [3.8, 4) is 0 Å². The summed E-state index contributed by atoms with van der Waals surface area (Å²) in [6.07, 6.45) is 5.15. The first-order valence-corrected chi connectivity index (χ1v) is 8.13. The van der Waals surface area contributed by atoms with Crippen LogP contribution in [-0.4, -0.2) is 37.6 Å². The molecule has 1 rings (SSSR count). The smallest absolute Gasteiger partial charge is 0.242 e. The van der Waals surface area contributed by atoms with Crippen LogP contribution in [0, 0.1) is 11.8 Å². The van der Waals surface area contributed by atoms with Crippen LogP contribution < -0.4 is 10.6 Å². The zero-order chi connectivity index (χ0) is 15.7. The Morgan fingerprint density at radius 1 is 1.24 bits per heavy atom. The molecule has 5 nitrogen and oxygen atoms in total. The number of carbonyl (C=O) groups excluding carboxylic acids is 2. The normalized spacial score (nSPS) is 17.0. The molecular weight excluding hydrogens is 268 g/mol. The van der Waals surface area contributed by atoms with Crippen molar-refractivity contribution in [3.63, 3.8) is 0 Å². The number of rotatable bonds is 9. The van der Waals surface area contributed by atoms with Crippen LogP contribution in [0.15, 0.2) is 0 Å². The van der Waals surface area contributed by atoms with E-state index in [1.54, 1.807) is 0 Å². The van der Waals surface area contributed by atoms with E-state index in [-0.39, 0.29) is 23.8 Å². The molecule has 1 fully saturated rings. The van der Waals surface area contributed by atoms with E-state index in [1.807, 2.05) is 0 Å². The third-order valence-electron chi connectivity index (χ3n) is 3.73. The molecular formula is C16H30N2O3. The third-order valence-corrected chi connectivity index (χ3v) is 3.73. The molecule has 0 aliphatic heterocycles. The fraction of sp³-hybridized carbons (Fsp3) is 0.875. The average Bonchev–Trinajstić information content (AvgIpc) is 2.93. The van der Waals surface area contributed by atoms with Crippen molar-refractivity contribution in [1.29, 1.82) is 0 Å². The van der Waals surface area contributed by atoms with Crippen LogP contribution in [0.4, 0.5) is 0 Å². The summed E-state index contributed by atoms with van der Waals surface area (Å²) in [5.41, 5.74) is 0. The first-order chi connectivity index (χ1) is 10.0. The lowest BCUT2D eigenvalue weighted by atomic mass is 9.97. The van der Waals surface area contributed by atoms with Gasteiger partial charge in [0.05, 0.1) is 0 Å². The van der Waals surface area contributed by atoms with Crippen molar-refractivity contribution in [2.75, 3.05) is 19.8 Å². The molecule has 0 aromatic carbocycles. The van der Waals surface area contributed by atoms with Gasteiger partial charge in [-0.25, -0.2) is 0 Å². The predicted molar refractivity (Wildman–Crippen MR) is 82.8 cm³/mol. The van der Waals surface area contributed by atoms with Crippen molar-refractivity contribution in [2.24, 2.45) is 11.8 Å². The van der Waals surface area contributed by atoms with E-state index in [1.165, 1.54) is 6.92 Å². The summed E-state index contributed by atoms with van der Waals surface area (Å²) in [4.78, 5) is 23.5. The summed E-state index contributed by atoms with van der Waals surface area (Å²) in [6.45, 7) is 7.70. The predicted octanol–water partition coefficient (Wildman–Crippen LogP) is 1.86. The fourth-order valence-electron chi connectivity index (χ4n) is 2.72. The quantitative estimate of drug-likeness (QED) is 0.639. The zero-order valence-electron chi connectivity index (χ0n) is 13.6. The molecule has 1 aliphatic rings. The van der Waals surface area contributed by atoms with Gasteiger partial charge in [-0.05, 0) is 31.1 Å². The van der Waals surface area contributed by atoms with E-state index in [0.717, 1.165) is 38.7 Å². The molecule has 0 radical (unpaired) electrons. The lowest BCUT2D eigenvalue weighted by Gasteiger charge is -2.23. The van der Waals surface area contributed by atoms with Gasteiger partial charge in [0.1, 0.15) is 6.04 Å². The van der Waals surface area contributed by atoms with E-state index in [0.29, 0.717) is 19.1 Å². The molecule has 0 heterocycles. The van der Waals surface area contributed by atoms with Crippen LogP contribution in [-0.2, 0) is 14.3 Å². The fourth-order valence-corrected chi connectivity index (χ4v) is 2.72. The molecule has 0 saturated heterocycles. The van der Waals surface area contributed by atoms with Crippen LogP contribution >= 0.6 is 0 Å². The Balaban J connectivity index is 2.26. The van der Waals surface area contributed by atoms with Gasteiger partial charge < -0.3 is 15.4 Å². The van der Waals surface area contributed by atoms with Crippen molar-refractivity contribution < 1.29 is 14.3 Å². The van der Waals surface area contributed by atoms with Crippen molar-refractivity contribution >= 4 is 11.8 Å². The SMILES string of the molecule is CC(=O)NC(C(=O)NCCCOCC(C)C)C1CCCC1. The standard InChI is InChI=1S/C16H30N2O3/c1-12(2)11-21-10-6-9-17-16(20)15(18-13(3)19)14-7-4-5-8-14/h12,14-15H,4-11H2,1-3H3,(H,17,20)(H,18,19). The van der Waals surface area contributed by atoms with E-state index in [4.69, 9.17) is 4.74 Å². The van der Waals surface area contributed by atoms with Gasteiger partial charge in [0.25, 0.3) is 0 Å². The van der Waals surface area contributed by atoms with E-state index in [9.17, 15) is 9.59 Å². The van der Waals surface area contributed by atoms with Gasteiger partial charge in [-0.2, -0.15) is 0 Å². The highest BCUT2D eigenvalue weighted by molar-refractivity contribution is 5.87. The summed E-state index contributed by atoms with van der Waals surface area (Å²) >= 11 is 0. The minimum Gasteiger partial charge on any atom is -0.381 e. The number of hydrogen-bond donors (Lipinski definition) is 2. The lowest BCUT2D eigenvalue weighted by molar-refractivity contribution is -0.129. The maximum absolute atomic E-state index is 12.2. The first kappa shape index (κ1) is 18.0. The summed E-state index contributed by atoms with van der Waals surface area (Å²) in [5, 5.41) is 5.73. The number of ether oxygens (including phenoxy) is 1. The van der Waals surface area contributed by atoms with Crippen molar-refractivity contribution in [3.05, 3.63) is 0 Å². The molecule has 0 bridgehead atoms. The van der Waals surface area contributed by atoms with Crippen LogP contribution in [0.25, 0.3) is 0 Å². The average molecular weight is 298 g/mol. The Kier molecular flexibility index (Phi) is 8.35. The van der Waals surface area contributed by atoms with Crippen LogP contribution in [0.3, 0.4) is 0 Å². The molecule has 122 valence electrons. The molecule has 21 heavy (non-hydrogen) atoms. The van der Waals surface area contributed by atoms with Crippen molar-refractivity contribution in [2.45, 2.75) is 58.9 Å². The van der Waals surface area contributed by atoms with E-state index >= 15 is 0 Å². The van der Waals surface area contributed by atoms with Gasteiger partial charge in [0.2, 0.25) is 11.8 Å². The minimum absolute atomic E-state index is 0.0547. The number of nitrogens with one attached hydrogen (secondary N) is 2. The zero-order valence-corrected chi connectivity index (χ0v) is 13.6. The first-order valence-electron chi connectivity index (χ1n) is 8.13. The maximum atomic E-state index is 12.2. The second-order valence-electron chi connectivity index (χ2n) is 6.34. The highest BCUT2D eigenvalue weighted by atomic mass is 16.5. The van der Waals surface area contributed by atoms with Gasteiger partial charge in [-0.15, -0.1) is 0 Å². The largest absolute Gasteiger partial charge is 0.381 e.